The SMILES string of the molecule is Fc1ccc(-c2nccc(CNC3CC3)n2)cc1Br. The van der Waals surface area contributed by atoms with Gasteiger partial charge in [0.1, 0.15) is 5.82 Å². The van der Waals surface area contributed by atoms with E-state index >= 15 is 0 Å². The molecule has 3 nitrogen and oxygen atoms in total. The second kappa shape index (κ2) is 5.35. The van der Waals surface area contributed by atoms with Crippen LogP contribution in [0.4, 0.5) is 4.39 Å². The number of rotatable bonds is 4. The number of halogens is 2. The van der Waals surface area contributed by atoms with E-state index in [1.165, 1.54) is 18.9 Å². The van der Waals surface area contributed by atoms with Gasteiger partial charge < -0.3 is 5.32 Å². The second-order valence-electron chi connectivity index (χ2n) is 4.66. The quantitative estimate of drug-likeness (QED) is 0.939. The molecule has 5 heteroatoms. The summed E-state index contributed by atoms with van der Waals surface area (Å²) < 4.78 is 13.6. The predicted molar refractivity (Wildman–Crippen MR) is 75.0 cm³/mol. The van der Waals surface area contributed by atoms with Gasteiger partial charge in [0.2, 0.25) is 0 Å². The Morgan fingerprint density at radius 3 is 2.89 bits per heavy atom. The van der Waals surface area contributed by atoms with E-state index in [-0.39, 0.29) is 5.82 Å². The van der Waals surface area contributed by atoms with Gasteiger partial charge in [0.05, 0.1) is 10.2 Å². The zero-order valence-electron chi connectivity index (χ0n) is 10.2. The molecule has 98 valence electrons. The van der Waals surface area contributed by atoms with E-state index in [9.17, 15) is 4.39 Å². The van der Waals surface area contributed by atoms with Crippen LogP contribution in [0.2, 0.25) is 0 Å². The minimum atomic E-state index is -0.282. The van der Waals surface area contributed by atoms with Crippen LogP contribution in [0.3, 0.4) is 0 Å². The zero-order chi connectivity index (χ0) is 13.2. The molecular formula is C14H13BrFN3. The molecule has 0 aliphatic heterocycles. The summed E-state index contributed by atoms with van der Waals surface area (Å²) in [7, 11) is 0. The highest BCUT2D eigenvalue weighted by Gasteiger charge is 2.20. The van der Waals surface area contributed by atoms with Crippen LogP contribution in [-0.4, -0.2) is 16.0 Å². The summed E-state index contributed by atoms with van der Waals surface area (Å²) in [6.07, 6.45) is 4.25. The van der Waals surface area contributed by atoms with Crippen LogP contribution in [0, 0.1) is 5.82 Å². The van der Waals surface area contributed by atoms with E-state index in [0.717, 1.165) is 17.8 Å². The second-order valence-corrected chi connectivity index (χ2v) is 5.51. The third-order valence-electron chi connectivity index (χ3n) is 3.04. The Labute approximate surface area is 119 Å². The lowest BCUT2D eigenvalue weighted by atomic mass is 10.2. The van der Waals surface area contributed by atoms with Gasteiger partial charge in [-0.3, -0.25) is 0 Å². The summed E-state index contributed by atoms with van der Waals surface area (Å²) in [5.74, 6) is 0.339. The molecule has 3 rings (SSSR count). The molecule has 0 spiro atoms. The number of nitrogens with one attached hydrogen (secondary N) is 1. The molecule has 0 unspecified atom stereocenters. The average Bonchev–Trinajstić information content (AvgIpc) is 3.24. The first-order valence-electron chi connectivity index (χ1n) is 6.23. The fourth-order valence-corrected chi connectivity index (χ4v) is 2.18. The maximum Gasteiger partial charge on any atom is 0.159 e. The van der Waals surface area contributed by atoms with E-state index < -0.39 is 0 Å². The Kier molecular flexibility index (Phi) is 3.57. The molecule has 0 atom stereocenters. The van der Waals surface area contributed by atoms with Crippen LogP contribution in [0.5, 0.6) is 0 Å². The Hall–Kier alpha value is -1.33. The van der Waals surface area contributed by atoms with E-state index in [1.54, 1.807) is 18.3 Å². The largest absolute Gasteiger partial charge is 0.308 e. The highest BCUT2D eigenvalue weighted by molar-refractivity contribution is 9.10. The molecule has 0 saturated heterocycles. The van der Waals surface area contributed by atoms with Gasteiger partial charge in [-0.1, -0.05) is 0 Å². The Balaban J connectivity index is 1.82. The maximum atomic E-state index is 13.2. The van der Waals surface area contributed by atoms with Gasteiger partial charge in [-0.2, -0.15) is 0 Å². The zero-order valence-corrected chi connectivity index (χ0v) is 11.8. The number of nitrogens with zero attached hydrogens (tertiary/aromatic N) is 2. The molecule has 1 aromatic carbocycles. The molecule has 2 aromatic rings. The highest BCUT2D eigenvalue weighted by atomic mass is 79.9. The fourth-order valence-electron chi connectivity index (χ4n) is 1.81. The van der Waals surface area contributed by atoms with Crippen molar-refractivity contribution in [2.24, 2.45) is 0 Å². The Morgan fingerprint density at radius 2 is 2.16 bits per heavy atom. The van der Waals surface area contributed by atoms with Crippen LogP contribution >= 0.6 is 15.9 Å². The summed E-state index contributed by atoms with van der Waals surface area (Å²) in [4.78, 5) is 8.74. The molecule has 1 aliphatic carbocycles. The third kappa shape index (κ3) is 3.16. The monoisotopic (exact) mass is 321 g/mol. The average molecular weight is 322 g/mol. The molecule has 0 radical (unpaired) electrons. The van der Waals surface area contributed by atoms with Gasteiger partial charge in [0.15, 0.2) is 5.82 Å². The minimum Gasteiger partial charge on any atom is -0.308 e. The van der Waals surface area contributed by atoms with Crippen molar-refractivity contribution in [3.05, 3.63) is 46.4 Å². The number of hydrogen-bond donors (Lipinski definition) is 1. The van der Waals surface area contributed by atoms with Crippen molar-refractivity contribution in [3.8, 4) is 11.4 Å². The van der Waals surface area contributed by atoms with Crippen molar-refractivity contribution in [2.75, 3.05) is 0 Å². The lowest BCUT2D eigenvalue weighted by Crippen LogP contribution is -2.16. The van der Waals surface area contributed by atoms with Crippen molar-refractivity contribution in [3.63, 3.8) is 0 Å². The topological polar surface area (TPSA) is 37.8 Å². The summed E-state index contributed by atoms with van der Waals surface area (Å²) in [5.41, 5.74) is 1.76. The van der Waals surface area contributed by atoms with Gasteiger partial charge >= 0.3 is 0 Å². The van der Waals surface area contributed by atoms with Crippen LogP contribution in [0.15, 0.2) is 34.9 Å². The standard InChI is InChI=1S/C14H13BrFN3/c15-12-7-9(1-4-13(12)16)14-17-6-5-11(19-14)8-18-10-2-3-10/h1,4-7,10,18H,2-3,8H2. The minimum absolute atomic E-state index is 0.282. The van der Waals surface area contributed by atoms with E-state index in [4.69, 9.17) is 0 Å². The number of aromatic nitrogens is 2. The first-order chi connectivity index (χ1) is 9.22. The van der Waals surface area contributed by atoms with E-state index in [2.05, 4.69) is 31.2 Å². The third-order valence-corrected chi connectivity index (χ3v) is 3.65. The first-order valence-corrected chi connectivity index (χ1v) is 7.02. The van der Waals surface area contributed by atoms with E-state index in [0.29, 0.717) is 16.3 Å². The summed E-state index contributed by atoms with van der Waals surface area (Å²) in [5, 5.41) is 3.41. The Bertz CT molecular complexity index is 599. The van der Waals surface area contributed by atoms with Crippen LogP contribution in [-0.2, 0) is 6.54 Å². The molecule has 1 N–H and O–H groups in total. The molecule has 0 bridgehead atoms. The number of hydrogen-bond acceptors (Lipinski definition) is 3. The Morgan fingerprint density at radius 1 is 1.32 bits per heavy atom. The molecular weight excluding hydrogens is 309 g/mol. The summed E-state index contributed by atoms with van der Waals surface area (Å²) in [6, 6.07) is 7.35. The van der Waals surface area contributed by atoms with Gasteiger partial charge in [-0.05, 0) is 53.0 Å². The van der Waals surface area contributed by atoms with Crippen molar-refractivity contribution < 1.29 is 4.39 Å². The lowest BCUT2D eigenvalue weighted by Gasteiger charge is -2.05. The predicted octanol–water partition coefficient (Wildman–Crippen LogP) is 3.30. The van der Waals surface area contributed by atoms with Crippen LogP contribution in [0.25, 0.3) is 11.4 Å². The normalized spacial score (nSPS) is 14.6. The molecule has 1 saturated carbocycles. The first kappa shape index (κ1) is 12.7. The van der Waals surface area contributed by atoms with Gasteiger partial charge in [-0.25, -0.2) is 14.4 Å². The molecule has 1 fully saturated rings. The molecule has 19 heavy (non-hydrogen) atoms. The molecule has 1 heterocycles. The summed E-state index contributed by atoms with van der Waals surface area (Å²) >= 11 is 3.18. The smallest absolute Gasteiger partial charge is 0.159 e. The van der Waals surface area contributed by atoms with Crippen LogP contribution in [0.1, 0.15) is 18.5 Å². The number of benzene rings is 1. The lowest BCUT2D eigenvalue weighted by molar-refractivity contribution is 0.621. The highest BCUT2D eigenvalue weighted by Crippen LogP contribution is 2.23. The van der Waals surface area contributed by atoms with Crippen molar-refractivity contribution in [1.82, 2.24) is 15.3 Å². The molecule has 1 aliphatic rings. The van der Waals surface area contributed by atoms with Crippen molar-refractivity contribution in [1.29, 1.82) is 0 Å². The summed E-state index contributed by atoms with van der Waals surface area (Å²) in [6.45, 7) is 0.753. The van der Waals surface area contributed by atoms with Gasteiger partial charge in [-0.15, -0.1) is 0 Å². The van der Waals surface area contributed by atoms with Crippen molar-refractivity contribution in [2.45, 2.75) is 25.4 Å². The maximum absolute atomic E-state index is 13.2. The van der Waals surface area contributed by atoms with Crippen LogP contribution < -0.4 is 5.32 Å². The molecule has 0 amide bonds. The van der Waals surface area contributed by atoms with Gasteiger partial charge in [0.25, 0.3) is 0 Å². The van der Waals surface area contributed by atoms with E-state index in [1.807, 2.05) is 6.07 Å². The van der Waals surface area contributed by atoms with Crippen molar-refractivity contribution >= 4 is 15.9 Å². The van der Waals surface area contributed by atoms with Gasteiger partial charge in [0, 0.05) is 24.3 Å². The molecule has 1 aromatic heterocycles. The fraction of sp³-hybridized carbons (Fsp3) is 0.286.